The molecular formula is C12H15BrN4O. The van der Waals surface area contributed by atoms with Gasteiger partial charge in [-0.05, 0) is 25.1 Å². The molecule has 2 rings (SSSR count). The van der Waals surface area contributed by atoms with E-state index in [1.165, 1.54) is 0 Å². The summed E-state index contributed by atoms with van der Waals surface area (Å²) in [6.07, 6.45) is 1.85. The summed E-state index contributed by atoms with van der Waals surface area (Å²) in [5.41, 5.74) is 7.57. The molecule has 0 fully saturated rings. The Bertz CT molecular complexity index is 539. The number of ether oxygens (including phenoxy) is 1. The van der Waals surface area contributed by atoms with Crippen molar-refractivity contribution in [2.75, 3.05) is 7.11 Å². The van der Waals surface area contributed by atoms with Crippen LogP contribution in [0, 0.1) is 0 Å². The molecule has 0 amide bonds. The molecule has 0 saturated carbocycles. The highest BCUT2D eigenvalue weighted by atomic mass is 79.9. The Hall–Kier alpha value is -1.40. The fourth-order valence-electron chi connectivity index (χ4n) is 1.64. The van der Waals surface area contributed by atoms with E-state index >= 15 is 0 Å². The van der Waals surface area contributed by atoms with Crippen molar-refractivity contribution in [3.8, 4) is 5.75 Å². The molecule has 0 radical (unpaired) electrons. The molecule has 96 valence electrons. The molecule has 1 atom stereocenters. The van der Waals surface area contributed by atoms with Crippen molar-refractivity contribution in [3.63, 3.8) is 0 Å². The molecule has 1 heterocycles. The SMILES string of the molecule is COc1ccc(Br)cc1Cn1cc(C(C)N)nn1. The van der Waals surface area contributed by atoms with Crippen LogP contribution in [0.4, 0.5) is 0 Å². The zero-order valence-electron chi connectivity index (χ0n) is 10.3. The third-order valence-electron chi connectivity index (χ3n) is 2.60. The summed E-state index contributed by atoms with van der Waals surface area (Å²) >= 11 is 3.45. The van der Waals surface area contributed by atoms with Gasteiger partial charge in [0.2, 0.25) is 0 Å². The quantitative estimate of drug-likeness (QED) is 0.939. The molecule has 0 aliphatic rings. The van der Waals surface area contributed by atoms with Gasteiger partial charge in [0.05, 0.1) is 25.5 Å². The third-order valence-corrected chi connectivity index (χ3v) is 3.09. The maximum Gasteiger partial charge on any atom is 0.124 e. The average Bonchev–Trinajstić information content (AvgIpc) is 2.78. The minimum Gasteiger partial charge on any atom is -0.496 e. The maximum absolute atomic E-state index is 5.75. The van der Waals surface area contributed by atoms with Crippen LogP contribution in [0.3, 0.4) is 0 Å². The van der Waals surface area contributed by atoms with Crippen LogP contribution in [0.1, 0.15) is 24.2 Å². The smallest absolute Gasteiger partial charge is 0.124 e. The number of hydrogen-bond acceptors (Lipinski definition) is 4. The van der Waals surface area contributed by atoms with E-state index in [1.807, 2.05) is 31.3 Å². The molecule has 5 nitrogen and oxygen atoms in total. The van der Waals surface area contributed by atoms with Crippen LogP contribution in [0.2, 0.25) is 0 Å². The molecule has 0 aliphatic heterocycles. The summed E-state index contributed by atoms with van der Waals surface area (Å²) in [6, 6.07) is 5.76. The lowest BCUT2D eigenvalue weighted by atomic mass is 10.2. The Morgan fingerprint density at radius 1 is 1.50 bits per heavy atom. The number of nitrogens with zero attached hydrogens (tertiary/aromatic N) is 3. The van der Waals surface area contributed by atoms with Crippen molar-refractivity contribution in [2.24, 2.45) is 5.73 Å². The highest BCUT2D eigenvalue weighted by Gasteiger charge is 2.08. The van der Waals surface area contributed by atoms with Gasteiger partial charge >= 0.3 is 0 Å². The zero-order chi connectivity index (χ0) is 13.1. The van der Waals surface area contributed by atoms with Crippen molar-refractivity contribution in [2.45, 2.75) is 19.5 Å². The summed E-state index contributed by atoms with van der Waals surface area (Å²) in [7, 11) is 1.65. The first-order valence-electron chi connectivity index (χ1n) is 5.58. The second-order valence-electron chi connectivity index (χ2n) is 4.09. The lowest BCUT2D eigenvalue weighted by Crippen LogP contribution is -2.05. The molecule has 0 bridgehead atoms. The van der Waals surface area contributed by atoms with Crippen molar-refractivity contribution < 1.29 is 4.74 Å². The highest BCUT2D eigenvalue weighted by Crippen LogP contribution is 2.23. The van der Waals surface area contributed by atoms with E-state index in [1.54, 1.807) is 11.8 Å². The first kappa shape index (κ1) is 13.0. The van der Waals surface area contributed by atoms with E-state index < -0.39 is 0 Å². The molecule has 1 unspecified atom stereocenters. The van der Waals surface area contributed by atoms with Gasteiger partial charge in [-0.3, -0.25) is 0 Å². The van der Waals surface area contributed by atoms with Gasteiger partial charge in [0, 0.05) is 16.1 Å². The van der Waals surface area contributed by atoms with Crippen LogP contribution in [0.5, 0.6) is 5.75 Å². The predicted octanol–water partition coefficient (Wildman–Crippen LogP) is 2.12. The largest absolute Gasteiger partial charge is 0.496 e. The number of aromatic nitrogens is 3. The van der Waals surface area contributed by atoms with E-state index in [4.69, 9.17) is 10.5 Å². The van der Waals surface area contributed by atoms with Crippen LogP contribution in [0.25, 0.3) is 0 Å². The van der Waals surface area contributed by atoms with Crippen molar-refractivity contribution in [3.05, 3.63) is 40.1 Å². The van der Waals surface area contributed by atoms with E-state index in [-0.39, 0.29) is 6.04 Å². The van der Waals surface area contributed by atoms with Crippen LogP contribution in [0.15, 0.2) is 28.9 Å². The van der Waals surface area contributed by atoms with Gasteiger partial charge in [-0.2, -0.15) is 0 Å². The maximum atomic E-state index is 5.75. The number of nitrogens with two attached hydrogens (primary N) is 1. The second kappa shape index (κ2) is 5.49. The molecule has 0 aliphatic carbocycles. The van der Waals surface area contributed by atoms with Crippen LogP contribution >= 0.6 is 15.9 Å². The summed E-state index contributed by atoms with van der Waals surface area (Å²) in [6.45, 7) is 2.48. The molecular weight excluding hydrogens is 296 g/mol. The summed E-state index contributed by atoms with van der Waals surface area (Å²) in [5.74, 6) is 0.830. The van der Waals surface area contributed by atoms with Gasteiger partial charge in [0.25, 0.3) is 0 Å². The number of benzene rings is 1. The topological polar surface area (TPSA) is 66.0 Å². The first-order valence-corrected chi connectivity index (χ1v) is 6.37. The van der Waals surface area contributed by atoms with Gasteiger partial charge in [-0.25, -0.2) is 4.68 Å². The number of methoxy groups -OCH3 is 1. The molecule has 18 heavy (non-hydrogen) atoms. The van der Waals surface area contributed by atoms with Gasteiger partial charge in [-0.15, -0.1) is 5.10 Å². The Labute approximate surface area is 114 Å². The Morgan fingerprint density at radius 3 is 2.89 bits per heavy atom. The fraction of sp³-hybridized carbons (Fsp3) is 0.333. The summed E-state index contributed by atoms with van der Waals surface area (Å²) in [5, 5.41) is 8.08. The lowest BCUT2D eigenvalue weighted by molar-refractivity contribution is 0.407. The molecule has 6 heteroatoms. The molecule has 1 aromatic carbocycles. The van der Waals surface area contributed by atoms with E-state index in [0.717, 1.165) is 21.5 Å². The summed E-state index contributed by atoms with van der Waals surface area (Å²) < 4.78 is 8.08. The molecule has 0 spiro atoms. The Balaban J connectivity index is 2.24. The van der Waals surface area contributed by atoms with E-state index in [0.29, 0.717) is 6.54 Å². The Kier molecular flexibility index (Phi) is 3.98. The van der Waals surface area contributed by atoms with Crippen LogP contribution < -0.4 is 10.5 Å². The Morgan fingerprint density at radius 2 is 2.28 bits per heavy atom. The number of hydrogen-bond donors (Lipinski definition) is 1. The second-order valence-corrected chi connectivity index (χ2v) is 5.00. The third kappa shape index (κ3) is 2.88. The van der Waals surface area contributed by atoms with Crippen molar-refractivity contribution in [1.82, 2.24) is 15.0 Å². The number of halogens is 1. The van der Waals surface area contributed by atoms with Gasteiger partial charge in [0.15, 0.2) is 0 Å². The van der Waals surface area contributed by atoms with E-state index in [2.05, 4.69) is 26.2 Å². The van der Waals surface area contributed by atoms with Crippen LogP contribution in [-0.2, 0) is 6.54 Å². The van der Waals surface area contributed by atoms with Crippen LogP contribution in [-0.4, -0.2) is 22.1 Å². The minimum atomic E-state index is -0.108. The predicted molar refractivity (Wildman–Crippen MR) is 72.4 cm³/mol. The highest BCUT2D eigenvalue weighted by molar-refractivity contribution is 9.10. The molecule has 2 aromatic rings. The van der Waals surface area contributed by atoms with E-state index in [9.17, 15) is 0 Å². The zero-order valence-corrected chi connectivity index (χ0v) is 11.9. The van der Waals surface area contributed by atoms with Crippen molar-refractivity contribution >= 4 is 15.9 Å². The standard InChI is InChI=1S/C12H15BrN4O/c1-8(14)11-7-17(16-15-11)6-9-5-10(13)3-4-12(9)18-2/h3-5,7-8H,6,14H2,1-2H3. The van der Waals surface area contributed by atoms with Gasteiger partial charge in [-0.1, -0.05) is 21.1 Å². The summed E-state index contributed by atoms with van der Waals surface area (Å²) in [4.78, 5) is 0. The van der Waals surface area contributed by atoms with Gasteiger partial charge < -0.3 is 10.5 Å². The minimum absolute atomic E-state index is 0.108. The average molecular weight is 311 g/mol. The van der Waals surface area contributed by atoms with Gasteiger partial charge in [0.1, 0.15) is 5.75 Å². The first-order chi connectivity index (χ1) is 8.60. The molecule has 0 saturated heterocycles. The van der Waals surface area contributed by atoms with Crippen molar-refractivity contribution in [1.29, 1.82) is 0 Å². The molecule has 1 aromatic heterocycles. The fourth-order valence-corrected chi connectivity index (χ4v) is 2.05. The normalized spacial score (nSPS) is 12.4. The monoisotopic (exact) mass is 310 g/mol. The molecule has 2 N–H and O–H groups in total. The lowest BCUT2D eigenvalue weighted by Gasteiger charge is -2.08. The number of rotatable bonds is 4.